The zero-order valence-corrected chi connectivity index (χ0v) is 17.8. The number of nitrogens with one attached hydrogen (secondary N) is 1. The maximum atomic E-state index is 13.1. The quantitative estimate of drug-likeness (QED) is 0.612. The molecule has 5 nitrogen and oxygen atoms in total. The Hall–Kier alpha value is -2.83. The molecular formula is C23H21ClN2O3S. The van der Waals surface area contributed by atoms with Gasteiger partial charge in [-0.1, -0.05) is 41.9 Å². The molecule has 0 aliphatic carbocycles. The third-order valence-electron chi connectivity index (χ3n) is 5.12. The first-order valence-corrected chi connectivity index (χ1v) is 11.6. The van der Waals surface area contributed by atoms with E-state index in [0.29, 0.717) is 17.8 Å². The average molecular weight is 441 g/mol. The van der Waals surface area contributed by atoms with Crippen molar-refractivity contribution in [2.24, 2.45) is 0 Å². The smallest absolute Gasteiger partial charge is 0.263 e. The Balaban J connectivity index is 1.56. The molecule has 0 unspecified atom stereocenters. The molecule has 4 rings (SSSR count). The van der Waals surface area contributed by atoms with E-state index in [1.54, 1.807) is 36.4 Å². The van der Waals surface area contributed by atoms with Crippen molar-refractivity contribution in [2.45, 2.75) is 24.2 Å². The highest BCUT2D eigenvalue weighted by molar-refractivity contribution is 7.92. The minimum atomic E-state index is -3.82. The molecule has 1 aliphatic rings. The lowest BCUT2D eigenvalue weighted by molar-refractivity contribution is 0.0987. The number of nitrogens with zero attached hydrogens (tertiary/aromatic N) is 1. The van der Waals surface area contributed by atoms with E-state index >= 15 is 0 Å². The van der Waals surface area contributed by atoms with Crippen molar-refractivity contribution in [3.63, 3.8) is 0 Å². The highest BCUT2D eigenvalue weighted by atomic mass is 35.5. The van der Waals surface area contributed by atoms with Gasteiger partial charge in [0, 0.05) is 23.5 Å². The van der Waals surface area contributed by atoms with Gasteiger partial charge in [0.1, 0.15) is 4.90 Å². The Labute approximate surface area is 181 Å². The summed E-state index contributed by atoms with van der Waals surface area (Å²) in [5, 5.41) is 0.150. The molecule has 0 radical (unpaired) electrons. The summed E-state index contributed by atoms with van der Waals surface area (Å²) >= 11 is 6.01. The van der Waals surface area contributed by atoms with E-state index < -0.39 is 10.0 Å². The first-order valence-electron chi connectivity index (χ1n) is 9.73. The summed E-state index contributed by atoms with van der Waals surface area (Å²) in [5.74, 6) is -0.0927. The number of amides is 1. The third kappa shape index (κ3) is 4.20. The Kier molecular flexibility index (Phi) is 5.79. The van der Waals surface area contributed by atoms with E-state index in [1.807, 2.05) is 23.1 Å². The van der Waals surface area contributed by atoms with Crippen molar-refractivity contribution >= 4 is 38.9 Å². The molecule has 0 bridgehead atoms. The number of hydrogen-bond donors (Lipinski definition) is 1. The molecule has 0 spiro atoms. The van der Waals surface area contributed by atoms with Crippen LogP contribution < -0.4 is 9.62 Å². The van der Waals surface area contributed by atoms with Crippen LogP contribution in [-0.4, -0.2) is 20.9 Å². The number of carbonyl (C=O) groups is 1. The van der Waals surface area contributed by atoms with Gasteiger partial charge in [0.25, 0.3) is 15.9 Å². The largest absolute Gasteiger partial charge is 0.308 e. The summed E-state index contributed by atoms with van der Waals surface area (Å²) in [6.07, 6.45) is 2.95. The van der Waals surface area contributed by atoms with E-state index in [0.717, 1.165) is 24.9 Å². The van der Waals surface area contributed by atoms with Crippen molar-refractivity contribution in [2.75, 3.05) is 16.2 Å². The van der Waals surface area contributed by atoms with Crippen LogP contribution in [0.1, 0.15) is 28.8 Å². The Morgan fingerprint density at radius 1 is 0.900 bits per heavy atom. The topological polar surface area (TPSA) is 66.5 Å². The summed E-state index contributed by atoms with van der Waals surface area (Å²) in [4.78, 5) is 15.0. The first-order chi connectivity index (χ1) is 14.5. The number of carbonyl (C=O) groups excluding carboxylic acids is 1. The fourth-order valence-corrected chi connectivity index (χ4v) is 5.19. The number of hydrogen-bond acceptors (Lipinski definition) is 3. The molecule has 1 aliphatic heterocycles. The molecule has 3 aromatic rings. The summed E-state index contributed by atoms with van der Waals surface area (Å²) in [6.45, 7) is 0.663. The van der Waals surface area contributed by atoms with Gasteiger partial charge < -0.3 is 4.90 Å². The number of sulfonamides is 1. The van der Waals surface area contributed by atoms with E-state index in [4.69, 9.17) is 11.6 Å². The highest BCUT2D eigenvalue weighted by Gasteiger charge is 2.22. The third-order valence-corrected chi connectivity index (χ3v) is 7.00. The molecule has 1 heterocycles. The van der Waals surface area contributed by atoms with E-state index in [2.05, 4.69) is 10.8 Å². The Bertz CT molecular complexity index is 1180. The number of rotatable bonds is 4. The van der Waals surface area contributed by atoms with Crippen LogP contribution in [0.2, 0.25) is 5.02 Å². The summed E-state index contributed by atoms with van der Waals surface area (Å²) in [5.41, 5.74) is 2.99. The lowest BCUT2D eigenvalue weighted by atomic mass is 10.1. The number of fused-ring (bicyclic) bond motifs is 1. The molecule has 0 aromatic heterocycles. The van der Waals surface area contributed by atoms with Gasteiger partial charge in [0.05, 0.1) is 5.02 Å². The van der Waals surface area contributed by atoms with Crippen LogP contribution in [0.4, 0.5) is 11.4 Å². The van der Waals surface area contributed by atoms with Gasteiger partial charge in [-0.05, 0) is 67.3 Å². The molecular weight excluding hydrogens is 420 g/mol. The van der Waals surface area contributed by atoms with Gasteiger partial charge >= 0.3 is 0 Å². The van der Waals surface area contributed by atoms with Crippen molar-refractivity contribution in [1.82, 2.24) is 0 Å². The van der Waals surface area contributed by atoms with Crippen molar-refractivity contribution in [1.29, 1.82) is 0 Å². The van der Waals surface area contributed by atoms with Gasteiger partial charge in [0.15, 0.2) is 0 Å². The fraction of sp³-hybridized carbons (Fsp3) is 0.174. The minimum absolute atomic E-state index is 0.00740. The SMILES string of the molecule is O=C(c1ccc(NS(=O)(=O)c2ccccc2Cl)cc1)N1CCCCc2ccccc21. The molecule has 0 saturated carbocycles. The second-order valence-electron chi connectivity index (χ2n) is 7.16. The van der Waals surface area contributed by atoms with Gasteiger partial charge in [-0.15, -0.1) is 0 Å². The fourth-order valence-electron chi connectivity index (χ4n) is 3.61. The molecule has 0 fully saturated rings. The molecule has 3 aromatic carbocycles. The molecule has 1 amide bonds. The molecule has 154 valence electrons. The minimum Gasteiger partial charge on any atom is -0.308 e. The normalized spacial score (nSPS) is 14.0. The second-order valence-corrected chi connectivity index (χ2v) is 9.21. The van der Waals surface area contributed by atoms with E-state index in [-0.39, 0.29) is 15.8 Å². The van der Waals surface area contributed by atoms with E-state index in [9.17, 15) is 13.2 Å². The first kappa shape index (κ1) is 20.4. The summed E-state index contributed by atoms with van der Waals surface area (Å²) in [7, 11) is -3.82. The number of benzene rings is 3. The molecule has 1 N–H and O–H groups in total. The second kappa shape index (κ2) is 8.50. The van der Waals surface area contributed by atoms with Crippen LogP contribution >= 0.6 is 11.6 Å². The predicted molar refractivity (Wildman–Crippen MR) is 120 cm³/mol. The van der Waals surface area contributed by atoms with Gasteiger partial charge in [-0.3, -0.25) is 9.52 Å². The standard InChI is InChI=1S/C23H21ClN2O3S/c24-20-9-2-4-11-22(20)30(28,29)25-19-14-12-18(13-15-19)23(27)26-16-6-5-8-17-7-1-3-10-21(17)26/h1-4,7,9-15,25H,5-6,8,16H2. The number of halogens is 1. The van der Waals surface area contributed by atoms with Gasteiger partial charge in [-0.25, -0.2) is 8.42 Å². The van der Waals surface area contributed by atoms with Crippen LogP contribution in [0.15, 0.2) is 77.7 Å². The van der Waals surface area contributed by atoms with Crippen LogP contribution in [0.25, 0.3) is 0 Å². The average Bonchev–Trinajstić information content (AvgIpc) is 2.96. The van der Waals surface area contributed by atoms with Gasteiger partial charge in [0.2, 0.25) is 0 Å². The van der Waals surface area contributed by atoms with Crippen molar-refractivity contribution in [3.05, 3.63) is 88.9 Å². The highest BCUT2D eigenvalue weighted by Crippen LogP contribution is 2.28. The number of aryl methyl sites for hydroxylation is 1. The number of anilines is 2. The lowest BCUT2D eigenvalue weighted by Crippen LogP contribution is -2.31. The van der Waals surface area contributed by atoms with E-state index in [1.165, 1.54) is 17.7 Å². The van der Waals surface area contributed by atoms with Crippen LogP contribution in [-0.2, 0) is 16.4 Å². The molecule has 0 saturated heterocycles. The molecule has 7 heteroatoms. The lowest BCUT2D eigenvalue weighted by Gasteiger charge is -2.23. The van der Waals surface area contributed by atoms with Gasteiger partial charge in [-0.2, -0.15) is 0 Å². The van der Waals surface area contributed by atoms with Crippen molar-refractivity contribution < 1.29 is 13.2 Å². The Morgan fingerprint density at radius 2 is 1.60 bits per heavy atom. The van der Waals surface area contributed by atoms with Crippen LogP contribution in [0.3, 0.4) is 0 Å². The summed E-state index contributed by atoms with van der Waals surface area (Å²) in [6, 6.07) is 20.7. The zero-order valence-electron chi connectivity index (χ0n) is 16.2. The molecule has 30 heavy (non-hydrogen) atoms. The summed E-state index contributed by atoms with van der Waals surface area (Å²) < 4.78 is 27.7. The Morgan fingerprint density at radius 3 is 2.37 bits per heavy atom. The maximum Gasteiger partial charge on any atom is 0.263 e. The predicted octanol–water partition coefficient (Wildman–Crippen LogP) is 5.12. The van der Waals surface area contributed by atoms with Crippen LogP contribution in [0, 0.1) is 0 Å². The zero-order chi connectivity index (χ0) is 21.1. The molecule has 0 atom stereocenters. The van der Waals surface area contributed by atoms with Crippen LogP contribution in [0.5, 0.6) is 0 Å². The van der Waals surface area contributed by atoms with Crippen molar-refractivity contribution in [3.8, 4) is 0 Å². The number of para-hydroxylation sites is 1. The maximum absolute atomic E-state index is 13.1. The monoisotopic (exact) mass is 440 g/mol.